The molecule has 1 N–H and O–H groups in total. The summed E-state index contributed by atoms with van der Waals surface area (Å²) in [5, 5.41) is 2.63. The normalized spacial score (nSPS) is 18.5. The summed E-state index contributed by atoms with van der Waals surface area (Å²) in [5.74, 6) is -2.32. The van der Waals surface area contributed by atoms with Gasteiger partial charge in [0.1, 0.15) is 6.61 Å². The predicted octanol–water partition coefficient (Wildman–Crippen LogP) is 3.89. The van der Waals surface area contributed by atoms with Crippen LogP contribution in [0.15, 0.2) is 37.3 Å². The second-order valence-corrected chi connectivity index (χ2v) is 7.05. The first-order valence-corrected chi connectivity index (χ1v) is 9.41. The molecule has 168 valence electrons. The quantitative estimate of drug-likeness (QED) is 0.595. The zero-order valence-corrected chi connectivity index (χ0v) is 16.3. The molecule has 1 heterocycles. The number of halogens is 5. The van der Waals surface area contributed by atoms with Gasteiger partial charge >= 0.3 is 6.36 Å². The minimum Gasteiger partial charge on any atom is -0.368 e. The van der Waals surface area contributed by atoms with Crippen LogP contribution >= 0.6 is 0 Å². The molecule has 1 aliphatic carbocycles. The molecule has 2 aromatic rings. The van der Waals surface area contributed by atoms with Crippen LogP contribution in [0.5, 0.6) is 0 Å². The molecule has 0 unspecified atom stereocenters. The first kappa shape index (κ1) is 22.9. The monoisotopic (exact) mass is 445 g/mol. The van der Waals surface area contributed by atoms with Gasteiger partial charge in [-0.15, -0.1) is 13.2 Å². The number of rotatable bonds is 9. The van der Waals surface area contributed by atoms with Crippen molar-refractivity contribution in [3.8, 4) is 11.3 Å². The van der Waals surface area contributed by atoms with E-state index in [1.54, 1.807) is 10.8 Å². The largest absolute Gasteiger partial charge is 0.522 e. The molecule has 31 heavy (non-hydrogen) atoms. The number of nitrogens with zero attached hydrogens (tertiary/aromatic N) is 2. The first-order chi connectivity index (χ1) is 14.6. The van der Waals surface area contributed by atoms with E-state index in [9.17, 15) is 26.7 Å². The number of alkyl halides is 3. The van der Waals surface area contributed by atoms with E-state index in [-0.39, 0.29) is 26.0 Å². The Kier molecular flexibility index (Phi) is 7.06. The molecule has 6 nitrogen and oxygen atoms in total. The fraction of sp³-hybridized carbons (Fsp3) is 0.400. The van der Waals surface area contributed by atoms with Gasteiger partial charge in [-0.3, -0.25) is 9.53 Å². The molecule has 1 amide bonds. The summed E-state index contributed by atoms with van der Waals surface area (Å²) in [6.45, 7) is 3.89. The number of amides is 1. The van der Waals surface area contributed by atoms with Crippen molar-refractivity contribution < 1.29 is 36.2 Å². The zero-order valence-electron chi connectivity index (χ0n) is 16.3. The number of benzene rings is 1. The lowest BCUT2D eigenvalue weighted by Gasteiger charge is -2.34. The Balaban J connectivity index is 1.35. The second-order valence-electron chi connectivity index (χ2n) is 7.05. The molecule has 1 aromatic heterocycles. The van der Waals surface area contributed by atoms with Crippen molar-refractivity contribution in [1.82, 2.24) is 14.9 Å². The highest BCUT2D eigenvalue weighted by atomic mass is 19.4. The highest BCUT2D eigenvalue weighted by Gasteiger charge is 2.40. The smallest absolute Gasteiger partial charge is 0.368 e. The van der Waals surface area contributed by atoms with Crippen LogP contribution < -0.4 is 5.32 Å². The standard InChI is InChI=1S/C20H20F5N3O3/c1-12(28-9-18(27-11-28)13-2-3-16(21)17(22)6-13)4-5-26-19(29)10-30-14-7-15(8-14)31-20(23,24)25/h2-3,6,9,11,14-15H,1,4-5,7-8,10H2,(H,26,29). The lowest BCUT2D eigenvalue weighted by atomic mass is 9.92. The van der Waals surface area contributed by atoms with Crippen molar-refractivity contribution in [1.29, 1.82) is 0 Å². The molecular weight excluding hydrogens is 425 g/mol. The molecule has 11 heteroatoms. The molecule has 1 fully saturated rings. The molecular formula is C20H20F5N3O3. The van der Waals surface area contributed by atoms with Crippen molar-refractivity contribution in [3.63, 3.8) is 0 Å². The topological polar surface area (TPSA) is 65.4 Å². The van der Waals surface area contributed by atoms with Gasteiger partial charge in [-0.05, 0) is 18.2 Å². The molecule has 0 aliphatic heterocycles. The summed E-state index contributed by atoms with van der Waals surface area (Å²) in [6, 6.07) is 3.47. The minimum atomic E-state index is -4.67. The van der Waals surface area contributed by atoms with E-state index in [0.29, 0.717) is 23.4 Å². The van der Waals surface area contributed by atoms with Gasteiger partial charge in [0.05, 0.1) is 24.2 Å². The summed E-state index contributed by atoms with van der Waals surface area (Å²) < 4.78 is 73.2. The van der Waals surface area contributed by atoms with Crippen molar-refractivity contribution in [2.24, 2.45) is 0 Å². The van der Waals surface area contributed by atoms with Crippen LogP contribution in [0.1, 0.15) is 19.3 Å². The van der Waals surface area contributed by atoms with E-state index in [0.717, 1.165) is 12.1 Å². The molecule has 1 aliphatic rings. The maximum atomic E-state index is 13.4. The van der Waals surface area contributed by atoms with Gasteiger partial charge in [-0.25, -0.2) is 13.8 Å². The molecule has 0 saturated heterocycles. The van der Waals surface area contributed by atoms with Gasteiger partial charge < -0.3 is 14.6 Å². The number of imidazole rings is 1. The van der Waals surface area contributed by atoms with Crippen molar-refractivity contribution in [2.45, 2.75) is 37.8 Å². The number of hydrogen-bond donors (Lipinski definition) is 1. The number of hydrogen-bond acceptors (Lipinski definition) is 4. The summed E-state index contributed by atoms with van der Waals surface area (Å²) in [6.07, 6.45) is -2.40. The Hall–Kier alpha value is -2.79. The average Bonchev–Trinajstić information content (AvgIpc) is 3.15. The highest BCUT2D eigenvalue weighted by molar-refractivity contribution is 5.77. The molecule has 1 saturated carbocycles. The van der Waals surface area contributed by atoms with E-state index < -0.39 is 36.1 Å². The molecule has 0 radical (unpaired) electrons. The van der Waals surface area contributed by atoms with Gasteiger partial charge in [0, 0.05) is 43.3 Å². The summed E-state index contributed by atoms with van der Waals surface area (Å²) in [4.78, 5) is 15.9. The van der Waals surface area contributed by atoms with Crippen LogP contribution in [0.25, 0.3) is 17.0 Å². The maximum Gasteiger partial charge on any atom is 0.522 e. The molecule has 0 atom stereocenters. The summed E-state index contributed by atoms with van der Waals surface area (Å²) in [5.41, 5.74) is 1.45. The summed E-state index contributed by atoms with van der Waals surface area (Å²) in [7, 11) is 0. The summed E-state index contributed by atoms with van der Waals surface area (Å²) >= 11 is 0. The van der Waals surface area contributed by atoms with Gasteiger partial charge in [0.15, 0.2) is 11.6 Å². The second kappa shape index (κ2) is 9.56. The van der Waals surface area contributed by atoms with E-state index in [1.807, 2.05) is 0 Å². The van der Waals surface area contributed by atoms with Crippen LogP contribution in [0.2, 0.25) is 0 Å². The molecule has 1 aromatic carbocycles. The van der Waals surface area contributed by atoms with E-state index >= 15 is 0 Å². The number of nitrogens with one attached hydrogen (secondary N) is 1. The van der Waals surface area contributed by atoms with E-state index in [2.05, 4.69) is 21.6 Å². The first-order valence-electron chi connectivity index (χ1n) is 9.41. The van der Waals surface area contributed by atoms with Crippen LogP contribution in [-0.2, 0) is 14.3 Å². The van der Waals surface area contributed by atoms with Gasteiger partial charge in [-0.1, -0.05) is 6.58 Å². The number of carbonyl (C=O) groups is 1. The van der Waals surface area contributed by atoms with E-state index in [4.69, 9.17) is 4.74 Å². The third-order valence-electron chi connectivity index (χ3n) is 4.70. The fourth-order valence-electron chi connectivity index (χ4n) is 2.96. The van der Waals surface area contributed by atoms with E-state index in [1.165, 1.54) is 12.4 Å². The van der Waals surface area contributed by atoms with Crippen LogP contribution in [0.4, 0.5) is 22.0 Å². The van der Waals surface area contributed by atoms with Crippen molar-refractivity contribution >= 4 is 11.6 Å². The maximum absolute atomic E-state index is 13.4. The third-order valence-corrected chi connectivity index (χ3v) is 4.70. The van der Waals surface area contributed by atoms with Crippen molar-refractivity contribution in [3.05, 3.63) is 48.9 Å². The lowest BCUT2D eigenvalue weighted by molar-refractivity contribution is -0.357. The molecule has 0 bridgehead atoms. The van der Waals surface area contributed by atoms with Crippen LogP contribution in [0, 0.1) is 11.6 Å². The number of aromatic nitrogens is 2. The Morgan fingerprint density at radius 1 is 1.23 bits per heavy atom. The molecule has 0 spiro atoms. The Labute approximate surface area is 174 Å². The minimum absolute atomic E-state index is 0.0878. The number of carbonyl (C=O) groups excluding carboxylic acids is 1. The Morgan fingerprint density at radius 2 is 1.97 bits per heavy atom. The van der Waals surface area contributed by atoms with Gasteiger partial charge in [-0.2, -0.15) is 0 Å². The fourth-order valence-corrected chi connectivity index (χ4v) is 2.96. The van der Waals surface area contributed by atoms with Crippen LogP contribution in [0.3, 0.4) is 0 Å². The van der Waals surface area contributed by atoms with Crippen molar-refractivity contribution in [2.75, 3.05) is 13.2 Å². The third kappa shape index (κ3) is 6.59. The van der Waals surface area contributed by atoms with Crippen LogP contribution in [-0.4, -0.2) is 47.2 Å². The molecule has 3 rings (SSSR count). The Bertz CT molecular complexity index is 938. The zero-order chi connectivity index (χ0) is 22.6. The SMILES string of the molecule is C=C(CCNC(=O)COC1CC(OC(F)(F)F)C1)n1cnc(-c2ccc(F)c(F)c2)c1. The highest BCUT2D eigenvalue weighted by Crippen LogP contribution is 2.32. The van der Waals surface area contributed by atoms with Gasteiger partial charge in [0.2, 0.25) is 5.91 Å². The van der Waals surface area contributed by atoms with Gasteiger partial charge in [0.25, 0.3) is 0 Å². The number of ether oxygens (including phenoxy) is 2. The average molecular weight is 445 g/mol. The predicted molar refractivity (Wildman–Crippen MR) is 100 cm³/mol. The lowest BCUT2D eigenvalue weighted by Crippen LogP contribution is -2.42. The Morgan fingerprint density at radius 3 is 2.65 bits per heavy atom.